The average Bonchev–Trinajstić information content (AvgIpc) is 3.02. The van der Waals surface area contributed by atoms with E-state index in [-0.39, 0.29) is 31.0 Å². The number of aliphatic carboxylic acids is 5. The van der Waals surface area contributed by atoms with E-state index in [0.717, 1.165) is 6.92 Å². The number of carboxylic acid groups (broad SMARTS) is 5. The zero-order valence-corrected chi connectivity index (χ0v) is 28.3. The van der Waals surface area contributed by atoms with E-state index >= 15 is 0 Å². The van der Waals surface area contributed by atoms with E-state index in [0.29, 0.717) is 0 Å². The fourth-order valence-electron chi connectivity index (χ4n) is 4.28. The van der Waals surface area contributed by atoms with E-state index in [4.69, 9.17) is 5.11 Å². The van der Waals surface area contributed by atoms with Crippen molar-refractivity contribution in [2.24, 2.45) is 5.92 Å². The standard InChI is InChI=1S/C30H45N5O16/c1-14(2)21(37)9-4-17(27(44)45)32-23(39)11-6-19(29(48)49)34-25(41)13-8-20(30(50)51)35-24(40)12-7-18(28(46)47)33-22(38)10-5-16(26(42)43)31-15(3)36/h14,16-20H,4-13H2,1-3H3,(H,31,36)(H,32,39)(H,33,38)(H,34,41)(H,35,40)(H,42,43)(H,44,45)(H,46,47)(H,48,49)(H,50,51)/t16-,17-,18-,19-,20-/m0/s1. The number of rotatable bonds is 26. The summed E-state index contributed by atoms with van der Waals surface area (Å²) in [5.74, 6) is -12.4. The molecule has 0 spiro atoms. The number of Topliss-reactive ketones (excluding diaryl/α,β-unsaturated/α-hetero) is 1. The third kappa shape index (κ3) is 19.8. The maximum atomic E-state index is 12.4. The van der Waals surface area contributed by atoms with Crippen molar-refractivity contribution in [2.75, 3.05) is 0 Å². The summed E-state index contributed by atoms with van der Waals surface area (Å²) >= 11 is 0. The Morgan fingerprint density at radius 3 is 0.804 bits per heavy atom. The summed E-state index contributed by atoms with van der Waals surface area (Å²) in [7, 11) is 0. The molecular formula is C30H45N5O16. The molecule has 0 radical (unpaired) electrons. The van der Waals surface area contributed by atoms with Gasteiger partial charge in [0, 0.05) is 44.9 Å². The van der Waals surface area contributed by atoms with Gasteiger partial charge in [-0.15, -0.1) is 0 Å². The Morgan fingerprint density at radius 1 is 0.392 bits per heavy atom. The van der Waals surface area contributed by atoms with Crippen LogP contribution in [-0.4, -0.2) is 121 Å². The van der Waals surface area contributed by atoms with E-state index in [9.17, 15) is 73.2 Å². The highest BCUT2D eigenvalue weighted by Crippen LogP contribution is 2.08. The summed E-state index contributed by atoms with van der Waals surface area (Å²) in [6.45, 7) is 4.32. The van der Waals surface area contributed by atoms with Crippen molar-refractivity contribution in [2.45, 2.75) is 115 Å². The van der Waals surface area contributed by atoms with Crippen LogP contribution in [0.2, 0.25) is 0 Å². The van der Waals surface area contributed by atoms with Gasteiger partial charge in [0.05, 0.1) is 0 Å². The zero-order valence-electron chi connectivity index (χ0n) is 28.3. The normalized spacial score (nSPS) is 13.6. The number of amides is 5. The lowest BCUT2D eigenvalue weighted by Gasteiger charge is -2.19. The molecule has 0 fully saturated rings. The molecule has 0 aliphatic carbocycles. The fraction of sp³-hybridized carbons (Fsp3) is 0.633. The summed E-state index contributed by atoms with van der Waals surface area (Å²) in [5.41, 5.74) is 0. The topological polar surface area (TPSA) is 349 Å². The molecule has 0 unspecified atom stereocenters. The second-order valence-electron chi connectivity index (χ2n) is 11.7. The first-order valence-corrected chi connectivity index (χ1v) is 15.8. The molecule has 10 N–H and O–H groups in total. The van der Waals surface area contributed by atoms with Gasteiger partial charge < -0.3 is 52.1 Å². The molecule has 0 heterocycles. The van der Waals surface area contributed by atoms with Gasteiger partial charge in [-0.25, -0.2) is 24.0 Å². The third-order valence-electron chi connectivity index (χ3n) is 7.17. The van der Waals surface area contributed by atoms with E-state index in [1.807, 2.05) is 0 Å². The molecule has 0 saturated carbocycles. The van der Waals surface area contributed by atoms with Crippen molar-refractivity contribution in [3.05, 3.63) is 0 Å². The summed E-state index contributed by atoms with van der Waals surface area (Å²) in [6, 6.07) is -7.74. The molecule has 0 aliphatic rings. The lowest BCUT2D eigenvalue weighted by molar-refractivity contribution is -0.144. The minimum atomic E-state index is -1.67. The summed E-state index contributed by atoms with van der Waals surface area (Å²) in [6.07, 6.45) is -4.39. The average molecular weight is 732 g/mol. The molecule has 51 heavy (non-hydrogen) atoms. The van der Waals surface area contributed by atoms with E-state index < -0.39 is 135 Å². The molecule has 0 aromatic rings. The van der Waals surface area contributed by atoms with Crippen LogP contribution in [-0.2, 0) is 52.7 Å². The number of ketones is 1. The number of carbonyl (C=O) groups excluding carboxylic acids is 6. The number of carbonyl (C=O) groups is 11. The molecule has 21 nitrogen and oxygen atoms in total. The van der Waals surface area contributed by atoms with E-state index in [1.54, 1.807) is 13.8 Å². The maximum Gasteiger partial charge on any atom is 0.326 e. The molecule has 0 bridgehead atoms. The molecule has 0 rings (SSSR count). The first-order valence-electron chi connectivity index (χ1n) is 15.8. The lowest BCUT2D eigenvalue weighted by Crippen LogP contribution is -2.46. The van der Waals surface area contributed by atoms with Crippen molar-refractivity contribution in [1.82, 2.24) is 26.6 Å². The first-order chi connectivity index (χ1) is 23.6. The van der Waals surface area contributed by atoms with E-state index in [1.165, 1.54) is 0 Å². The third-order valence-corrected chi connectivity index (χ3v) is 7.17. The zero-order chi connectivity index (χ0) is 39.4. The van der Waals surface area contributed by atoms with Crippen LogP contribution < -0.4 is 26.6 Å². The van der Waals surface area contributed by atoms with Gasteiger partial charge in [0.2, 0.25) is 29.5 Å². The van der Waals surface area contributed by atoms with Crippen LogP contribution in [0.15, 0.2) is 0 Å². The molecule has 0 aromatic heterocycles. The Labute approximate surface area is 291 Å². The summed E-state index contributed by atoms with van der Waals surface area (Å²) in [5, 5.41) is 57.3. The van der Waals surface area contributed by atoms with Gasteiger partial charge >= 0.3 is 29.8 Å². The molecular weight excluding hydrogens is 686 g/mol. The van der Waals surface area contributed by atoms with Gasteiger partial charge in [-0.05, 0) is 32.1 Å². The summed E-state index contributed by atoms with van der Waals surface area (Å²) in [4.78, 5) is 130. The number of hydrogen-bond acceptors (Lipinski definition) is 11. The maximum absolute atomic E-state index is 12.4. The fourth-order valence-corrected chi connectivity index (χ4v) is 4.28. The van der Waals surface area contributed by atoms with E-state index in [2.05, 4.69) is 26.6 Å². The second kappa shape index (κ2) is 22.9. The molecule has 21 heteroatoms. The molecule has 5 amide bonds. The number of hydrogen-bond donors (Lipinski definition) is 10. The highest BCUT2D eigenvalue weighted by molar-refractivity contribution is 5.89. The molecule has 5 atom stereocenters. The van der Waals surface area contributed by atoms with Gasteiger partial charge in [-0.2, -0.15) is 0 Å². The van der Waals surface area contributed by atoms with Crippen LogP contribution in [0, 0.1) is 5.92 Å². The molecule has 0 saturated heterocycles. The van der Waals surface area contributed by atoms with Crippen LogP contribution in [0.1, 0.15) is 85.0 Å². The van der Waals surface area contributed by atoms with Crippen LogP contribution in [0.4, 0.5) is 0 Å². The summed E-state index contributed by atoms with van der Waals surface area (Å²) < 4.78 is 0. The first kappa shape index (κ1) is 45.4. The largest absolute Gasteiger partial charge is 0.480 e. The van der Waals surface area contributed by atoms with Crippen molar-refractivity contribution >= 4 is 65.2 Å². The second-order valence-corrected chi connectivity index (χ2v) is 11.7. The predicted molar refractivity (Wildman–Crippen MR) is 170 cm³/mol. The Balaban J connectivity index is 5.00. The molecule has 0 aliphatic heterocycles. The van der Waals surface area contributed by atoms with Crippen LogP contribution in [0.5, 0.6) is 0 Å². The Bertz CT molecular complexity index is 1330. The van der Waals surface area contributed by atoms with Gasteiger partial charge in [0.1, 0.15) is 36.0 Å². The van der Waals surface area contributed by atoms with Crippen molar-refractivity contribution in [1.29, 1.82) is 0 Å². The number of carboxylic acids is 5. The highest BCUT2D eigenvalue weighted by Gasteiger charge is 2.28. The van der Waals surface area contributed by atoms with Crippen LogP contribution in [0.3, 0.4) is 0 Å². The van der Waals surface area contributed by atoms with Crippen molar-refractivity contribution in [3.63, 3.8) is 0 Å². The Morgan fingerprint density at radius 2 is 0.608 bits per heavy atom. The van der Waals surface area contributed by atoms with Gasteiger partial charge in [-0.3, -0.25) is 28.8 Å². The SMILES string of the molecule is CC(=O)N[C@@H](CCC(=O)N[C@@H](CCC(=O)N[C@@H](CCC(=O)N[C@@H](CCC(=O)N[C@@H](CCC(=O)C(C)C)C(=O)O)C(=O)O)C(=O)O)C(=O)O)C(=O)O. The van der Waals surface area contributed by atoms with Gasteiger partial charge in [0.25, 0.3) is 0 Å². The minimum absolute atomic E-state index is 0.109. The number of nitrogens with one attached hydrogen (secondary N) is 5. The highest BCUT2D eigenvalue weighted by atomic mass is 16.4. The van der Waals surface area contributed by atoms with Crippen molar-refractivity contribution < 1.29 is 78.3 Å². The predicted octanol–water partition coefficient (Wildman–Crippen LogP) is -2.02. The molecule has 286 valence electrons. The van der Waals surface area contributed by atoms with Crippen LogP contribution >= 0.6 is 0 Å². The Kier molecular flexibility index (Phi) is 20.4. The minimum Gasteiger partial charge on any atom is -0.480 e. The van der Waals surface area contributed by atoms with Crippen molar-refractivity contribution in [3.8, 4) is 0 Å². The lowest BCUT2D eigenvalue weighted by atomic mass is 10.0. The monoisotopic (exact) mass is 731 g/mol. The van der Waals surface area contributed by atoms with Gasteiger partial charge in [-0.1, -0.05) is 13.8 Å². The smallest absolute Gasteiger partial charge is 0.326 e. The Hall–Kier alpha value is -5.63. The molecule has 0 aromatic carbocycles. The van der Waals surface area contributed by atoms with Crippen LogP contribution in [0.25, 0.3) is 0 Å². The van der Waals surface area contributed by atoms with Gasteiger partial charge in [0.15, 0.2) is 0 Å². The quantitative estimate of drug-likeness (QED) is 0.0459.